The molecule has 2 aromatic carbocycles. The summed E-state index contributed by atoms with van der Waals surface area (Å²) in [5.41, 5.74) is 2.07. The number of benzene rings is 2. The van der Waals surface area contributed by atoms with E-state index in [0.717, 1.165) is 11.1 Å². The second-order valence-electron chi connectivity index (χ2n) is 10.2. The summed E-state index contributed by atoms with van der Waals surface area (Å²) < 4.78 is 0. The van der Waals surface area contributed by atoms with E-state index in [4.69, 9.17) is 0 Å². The molecule has 0 unspecified atom stereocenters. The SMILES string of the molecule is CP(C)(C)(Cc1ccccc1)P(O)(O)(O)P(C)(C)(C)Cc1ccccc1. The molecule has 0 amide bonds. The number of hydrogen-bond acceptors (Lipinski definition) is 3. The summed E-state index contributed by atoms with van der Waals surface area (Å²) in [6.07, 6.45) is -5.58. The number of hydrogen-bond donors (Lipinski definition) is 3. The molecule has 148 valence electrons. The normalized spacial score (nSPS) is 18.0. The van der Waals surface area contributed by atoms with Crippen LogP contribution in [0.15, 0.2) is 60.7 Å². The quantitative estimate of drug-likeness (QED) is 0.555. The van der Waals surface area contributed by atoms with Gasteiger partial charge in [0.05, 0.1) is 0 Å². The van der Waals surface area contributed by atoms with Crippen LogP contribution < -0.4 is 0 Å². The van der Waals surface area contributed by atoms with E-state index in [2.05, 4.69) is 0 Å². The third-order valence-electron chi connectivity index (χ3n) is 5.79. The molecule has 0 saturated carbocycles. The van der Waals surface area contributed by atoms with Gasteiger partial charge in [-0.2, -0.15) is 0 Å². The maximum absolute atomic E-state index is 11.8. The van der Waals surface area contributed by atoms with Crippen molar-refractivity contribution in [2.45, 2.75) is 12.3 Å². The fraction of sp³-hybridized carbons (Fsp3) is 0.400. The third-order valence-corrected chi connectivity index (χ3v) is 42.7. The van der Waals surface area contributed by atoms with Crippen molar-refractivity contribution >= 4 is 19.2 Å². The second kappa shape index (κ2) is 6.05. The van der Waals surface area contributed by atoms with E-state index in [1.165, 1.54) is 0 Å². The predicted molar refractivity (Wildman–Crippen MR) is 123 cm³/mol. The van der Waals surface area contributed by atoms with Crippen LogP contribution >= 0.6 is 19.2 Å². The summed E-state index contributed by atoms with van der Waals surface area (Å²) in [4.78, 5) is 35.5. The Bertz CT molecular complexity index is 711. The van der Waals surface area contributed by atoms with Crippen LogP contribution in [0, 0.1) is 0 Å². The van der Waals surface area contributed by atoms with Crippen molar-refractivity contribution in [3.05, 3.63) is 71.8 Å². The Morgan fingerprint density at radius 2 is 0.808 bits per heavy atom. The van der Waals surface area contributed by atoms with Gasteiger partial charge in [-0.1, -0.05) is 0 Å². The van der Waals surface area contributed by atoms with E-state index in [0.29, 0.717) is 12.3 Å². The van der Waals surface area contributed by atoms with Gasteiger partial charge >= 0.3 is 158 Å². The molecule has 3 N–H and O–H groups in total. The maximum atomic E-state index is 11.8. The molecule has 3 nitrogen and oxygen atoms in total. The van der Waals surface area contributed by atoms with Gasteiger partial charge in [0.1, 0.15) is 0 Å². The van der Waals surface area contributed by atoms with E-state index < -0.39 is 19.2 Å². The average molecular weight is 416 g/mol. The summed E-state index contributed by atoms with van der Waals surface area (Å²) in [6, 6.07) is 19.7. The van der Waals surface area contributed by atoms with Gasteiger partial charge in [0.25, 0.3) is 0 Å². The first-order valence-corrected chi connectivity index (χ1v) is 19.9. The molecule has 0 aliphatic rings. The molecule has 0 bridgehead atoms. The molecule has 2 aromatic rings. The fourth-order valence-electron chi connectivity index (χ4n) is 3.91. The summed E-state index contributed by atoms with van der Waals surface area (Å²) in [6.45, 7) is 6.56. The van der Waals surface area contributed by atoms with Crippen LogP contribution in [0.4, 0.5) is 0 Å². The molecule has 0 atom stereocenters. The van der Waals surface area contributed by atoms with Crippen LogP contribution in [0.1, 0.15) is 11.1 Å². The van der Waals surface area contributed by atoms with Crippen LogP contribution in [-0.4, -0.2) is 54.7 Å². The Morgan fingerprint density at radius 3 is 1.08 bits per heavy atom. The van der Waals surface area contributed by atoms with Crippen LogP contribution in [-0.2, 0) is 12.3 Å². The molecular formula is C20H35O3P3. The molecule has 0 spiro atoms. The fourth-order valence-corrected chi connectivity index (χ4v) is 42.9. The molecule has 0 fully saturated rings. The monoisotopic (exact) mass is 416 g/mol. The zero-order valence-electron chi connectivity index (χ0n) is 16.9. The first-order chi connectivity index (χ1) is 11.5. The molecule has 26 heavy (non-hydrogen) atoms. The zero-order chi connectivity index (χ0) is 20.0. The minimum absolute atomic E-state index is 0.510. The Labute approximate surface area is 158 Å². The molecule has 0 radical (unpaired) electrons. The van der Waals surface area contributed by atoms with Crippen LogP contribution in [0.3, 0.4) is 0 Å². The van der Waals surface area contributed by atoms with Gasteiger partial charge in [0.15, 0.2) is 0 Å². The van der Waals surface area contributed by atoms with Crippen molar-refractivity contribution < 1.29 is 14.7 Å². The van der Waals surface area contributed by atoms with E-state index in [1.807, 2.05) is 101 Å². The number of rotatable bonds is 6. The topological polar surface area (TPSA) is 60.7 Å². The van der Waals surface area contributed by atoms with Crippen molar-refractivity contribution in [3.63, 3.8) is 0 Å². The molecule has 0 aliphatic carbocycles. The molecule has 2 rings (SSSR count). The molecule has 6 heteroatoms. The van der Waals surface area contributed by atoms with Gasteiger partial charge in [-0.25, -0.2) is 0 Å². The van der Waals surface area contributed by atoms with E-state index >= 15 is 0 Å². The van der Waals surface area contributed by atoms with Crippen LogP contribution in [0.25, 0.3) is 0 Å². The first-order valence-electron chi connectivity index (χ1n) is 8.84. The molecule has 0 heterocycles. The molecular weight excluding hydrogens is 381 g/mol. The Morgan fingerprint density at radius 1 is 0.538 bits per heavy atom. The van der Waals surface area contributed by atoms with Crippen molar-refractivity contribution in [1.29, 1.82) is 0 Å². The Hall–Kier alpha value is -0.390. The van der Waals surface area contributed by atoms with Gasteiger partial charge in [-0.3, -0.25) is 0 Å². The summed E-state index contributed by atoms with van der Waals surface area (Å²) in [7, 11) is 0. The van der Waals surface area contributed by atoms with Crippen molar-refractivity contribution in [2.75, 3.05) is 40.0 Å². The average Bonchev–Trinajstić information content (AvgIpc) is 2.45. The zero-order valence-corrected chi connectivity index (χ0v) is 19.6. The van der Waals surface area contributed by atoms with E-state index in [1.54, 1.807) is 0 Å². The summed E-state index contributed by atoms with van der Waals surface area (Å²) in [5, 5.41) is 0. The second-order valence-corrected chi connectivity index (χ2v) is 39.1. The van der Waals surface area contributed by atoms with Gasteiger partial charge < -0.3 is 0 Å². The molecule has 0 saturated heterocycles. The van der Waals surface area contributed by atoms with Crippen LogP contribution in [0.5, 0.6) is 0 Å². The minimum atomic E-state index is -5.02. The third kappa shape index (κ3) is 3.40. The Balaban J connectivity index is 2.57. The summed E-state index contributed by atoms with van der Waals surface area (Å²) >= 11 is 0. The van der Waals surface area contributed by atoms with Crippen molar-refractivity contribution in [1.82, 2.24) is 0 Å². The van der Waals surface area contributed by atoms with Crippen molar-refractivity contribution in [3.8, 4) is 0 Å². The van der Waals surface area contributed by atoms with Crippen molar-refractivity contribution in [2.24, 2.45) is 0 Å². The van der Waals surface area contributed by atoms with Gasteiger partial charge in [0.2, 0.25) is 0 Å². The van der Waals surface area contributed by atoms with Crippen LogP contribution in [0.2, 0.25) is 0 Å². The summed E-state index contributed by atoms with van der Waals surface area (Å²) in [5.74, 6) is 0. The van der Waals surface area contributed by atoms with Gasteiger partial charge in [0, 0.05) is 0 Å². The molecule has 0 aromatic heterocycles. The van der Waals surface area contributed by atoms with E-state index in [9.17, 15) is 14.7 Å². The predicted octanol–water partition coefficient (Wildman–Crippen LogP) is 5.38. The Kier molecular flexibility index (Phi) is 5.10. The first kappa shape index (κ1) is 21.9. The van der Waals surface area contributed by atoms with Gasteiger partial charge in [-0.15, -0.1) is 0 Å². The molecule has 0 aliphatic heterocycles. The van der Waals surface area contributed by atoms with Gasteiger partial charge in [-0.05, 0) is 0 Å². The standard InChI is InChI=1S/C20H35O3P3/c1-24(2,3,17-19-13-9-7-10-14-19)26(21,22,23)25(4,5,6)18-20-15-11-8-12-16-20/h7-16,21-23H,17-18H2,1-6H3. The van der Waals surface area contributed by atoms with E-state index in [-0.39, 0.29) is 0 Å².